The van der Waals surface area contributed by atoms with Gasteiger partial charge in [0, 0.05) is 71.0 Å². The number of benzene rings is 6. The Hall–Kier alpha value is -5.49. The second-order valence-corrected chi connectivity index (χ2v) is 14.4. The summed E-state index contributed by atoms with van der Waals surface area (Å²) < 4.78 is 5.34. The molecule has 0 N–H and O–H groups in total. The molecule has 4 heterocycles. The van der Waals surface area contributed by atoms with Crippen LogP contribution in [-0.4, -0.2) is 18.1 Å². The molecule has 0 spiro atoms. The number of nitrogens with zero attached hydrogens (tertiary/aromatic N) is 3. The third-order valence-electron chi connectivity index (χ3n) is 9.61. The molecule has 3 aromatic heterocycles. The summed E-state index contributed by atoms with van der Waals surface area (Å²) in [6.45, 7) is 1.68. The van der Waals surface area contributed by atoms with Gasteiger partial charge in [-0.1, -0.05) is 97.1 Å². The van der Waals surface area contributed by atoms with Crippen LogP contribution in [-0.2, 0) is 0 Å². The van der Waals surface area contributed by atoms with Crippen LogP contribution in [0.5, 0.6) is 0 Å². The lowest BCUT2D eigenvalue weighted by Gasteiger charge is -2.38. The van der Waals surface area contributed by atoms with Gasteiger partial charge in [-0.25, -0.2) is 4.98 Å². The maximum atomic E-state index is 4.97. The topological polar surface area (TPSA) is 19.4 Å². The van der Waals surface area contributed by atoms with Gasteiger partial charge in [-0.15, -0.1) is 22.7 Å². The largest absolute Gasteiger partial charge is 0.337 e. The molecule has 6 aromatic carbocycles. The molecule has 0 aliphatic carbocycles. The van der Waals surface area contributed by atoms with Crippen molar-refractivity contribution < 1.29 is 0 Å². The highest BCUT2D eigenvalue weighted by molar-refractivity contribution is 7.26. The van der Waals surface area contributed by atoms with Crippen molar-refractivity contribution in [2.45, 2.75) is 0 Å². The van der Waals surface area contributed by atoms with Gasteiger partial charge in [0.1, 0.15) is 0 Å². The minimum absolute atomic E-state index is 0.830. The Morgan fingerprint density at radius 3 is 1.60 bits per heavy atom. The van der Waals surface area contributed by atoms with Crippen LogP contribution in [0.25, 0.3) is 62.6 Å². The molecule has 0 fully saturated rings. The van der Waals surface area contributed by atoms with Gasteiger partial charge in [-0.05, 0) is 70.8 Å². The highest BCUT2D eigenvalue weighted by atomic mass is 32.1. The highest BCUT2D eigenvalue weighted by Gasteiger charge is 2.26. The molecule has 48 heavy (non-hydrogen) atoms. The lowest BCUT2D eigenvalue weighted by Crippen LogP contribution is -2.36. The van der Waals surface area contributed by atoms with Crippen LogP contribution in [0.1, 0.15) is 0 Å². The van der Waals surface area contributed by atoms with Crippen molar-refractivity contribution >= 4 is 85.9 Å². The van der Waals surface area contributed by atoms with Gasteiger partial charge in [-0.2, -0.15) is 0 Å². The number of aromatic nitrogens is 1. The van der Waals surface area contributed by atoms with Gasteiger partial charge in [-0.3, -0.25) is 0 Å². The monoisotopic (exact) mass is 651 g/mol. The van der Waals surface area contributed by atoms with E-state index in [9.17, 15) is 0 Å². The smallest absolute Gasteiger partial charge is 0.157 e. The fraction of sp³-hybridized carbons (Fsp3) is 0.0465. The number of rotatable bonds is 4. The summed E-state index contributed by atoms with van der Waals surface area (Å²) in [5.74, 6) is 0.984. The number of hydrogen-bond acceptors (Lipinski definition) is 5. The maximum Gasteiger partial charge on any atom is 0.157 e. The van der Waals surface area contributed by atoms with E-state index in [0.717, 1.165) is 30.3 Å². The van der Waals surface area contributed by atoms with Gasteiger partial charge < -0.3 is 9.80 Å². The van der Waals surface area contributed by atoms with E-state index in [4.69, 9.17) is 4.98 Å². The summed E-state index contributed by atoms with van der Waals surface area (Å²) in [6.07, 6.45) is 1.91. The molecule has 0 unspecified atom stereocenters. The van der Waals surface area contributed by atoms with Crippen molar-refractivity contribution in [2.75, 3.05) is 22.9 Å². The van der Waals surface area contributed by atoms with Crippen LogP contribution < -0.4 is 9.80 Å². The summed E-state index contributed by atoms with van der Waals surface area (Å²) in [7, 11) is 0. The SMILES string of the molecule is c1cc(-c2cccc3c2sc2ccccc23)cc(N2CCN(c3cccc(-c4cccc5c4sc4ccccc45)c3)c3ncccc32)c1. The maximum absolute atomic E-state index is 4.97. The first kappa shape index (κ1) is 27.6. The molecule has 228 valence electrons. The third-order valence-corrected chi connectivity index (χ3v) is 12.0. The predicted molar refractivity (Wildman–Crippen MR) is 208 cm³/mol. The normalized spacial score (nSPS) is 13.2. The molecule has 0 amide bonds. The number of anilines is 4. The van der Waals surface area contributed by atoms with Crippen LogP contribution in [0, 0.1) is 0 Å². The first-order valence-electron chi connectivity index (χ1n) is 16.3. The highest BCUT2D eigenvalue weighted by Crippen LogP contribution is 2.45. The minimum Gasteiger partial charge on any atom is -0.337 e. The first-order chi connectivity index (χ1) is 23.8. The molecule has 3 nitrogen and oxygen atoms in total. The van der Waals surface area contributed by atoms with E-state index in [1.54, 1.807) is 0 Å². The third kappa shape index (κ3) is 4.35. The Morgan fingerprint density at radius 1 is 0.458 bits per heavy atom. The zero-order valence-electron chi connectivity index (χ0n) is 26.0. The lowest BCUT2D eigenvalue weighted by molar-refractivity contribution is 0.833. The Labute approximate surface area is 286 Å². The molecule has 9 aromatic rings. The molecule has 1 aliphatic rings. The Kier molecular flexibility index (Phi) is 6.36. The summed E-state index contributed by atoms with van der Waals surface area (Å²) >= 11 is 3.76. The Bertz CT molecular complexity index is 2480. The zero-order valence-corrected chi connectivity index (χ0v) is 27.6. The van der Waals surface area contributed by atoms with Crippen LogP contribution in [0.2, 0.25) is 0 Å². The second kappa shape index (κ2) is 11.1. The summed E-state index contributed by atoms with van der Waals surface area (Å²) in [4.78, 5) is 9.77. The van der Waals surface area contributed by atoms with E-state index in [2.05, 4.69) is 155 Å². The molecular weight excluding hydrogens is 623 g/mol. The average Bonchev–Trinajstić information content (AvgIpc) is 3.73. The fourth-order valence-corrected chi connectivity index (χ4v) is 9.86. The fourth-order valence-electron chi connectivity index (χ4n) is 7.38. The van der Waals surface area contributed by atoms with Gasteiger partial charge in [0.2, 0.25) is 0 Å². The van der Waals surface area contributed by atoms with E-state index in [1.807, 2.05) is 28.9 Å². The quantitative estimate of drug-likeness (QED) is 0.189. The van der Waals surface area contributed by atoms with E-state index in [0.29, 0.717) is 0 Å². The Morgan fingerprint density at radius 2 is 0.979 bits per heavy atom. The first-order valence-corrected chi connectivity index (χ1v) is 17.9. The number of fused-ring (bicyclic) bond motifs is 7. The molecule has 0 atom stereocenters. The standard InChI is InChI=1S/C43H29N3S2/c1-3-21-39-34(14-1)36-18-7-16-32(41(36)47-39)28-10-5-12-30(26-28)45-24-25-46(43-38(45)20-9-23-44-43)31-13-6-11-29(27-31)33-17-8-19-37-35-15-2-4-22-40(35)48-42(33)37/h1-23,26-27H,24-25H2. The molecular formula is C43H29N3S2. The van der Waals surface area contributed by atoms with Gasteiger partial charge in [0.15, 0.2) is 5.82 Å². The zero-order chi connectivity index (χ0) is 31.6. The van der Waals surface area contributed by atoms with E-state index in [1.165, 1.54) is 68.3 Å². The van der Waals surface area contributed by atoms with Crippen molar-refractivity contribution in [3.05, 3.63) is 152 Å². The average molecular weight is 652 g/mol. The van der Waals surface area contributed by atoms with Crippen molar-refractivity contribution in [1.82, 2.24) is 4.98 Å². The predicted octanol–water partition coefficient (Wildman–Crippen LogP) is 12.4. The molecule has 0 bridgehead atoms. The van der Waals surface area contributed by atoms with Crippen molar-refractivity contribution in [3.8, 4) is 22.3 Å². The summed E-state index contributed by atoms with van der Waals surface area (Å²) in [6, 6.07) is 53.1. The van der Waals surface area contributed by atoms with Crippen molar-refractivity contribution in [3.63, 3.8) is 0 Å². The number of thiophene rings is 2. The number of pyridine rings is 1. The molecule has 10 rings (SSSR count). The molecule has 0 radical (unpaired) electrons. The molecule has 0 saturated heterocycles. The van der Waals surface area contributed by atoms with Gasteiger partial charge >= 0.3 is 0 Å². The second-order valence-electron chi connectivity index (χ2n) is 12.3. The lowest BCUT2D eigenvalue weighted by atomic mass is 10.0. The number of hydrogen-bond donors (Lipinski definition) is 0. The summed E-state index contributed by atoms with van der Waals surface area (Å²) in [5.41, 5.74) is 8.50. The Balaban J connectivity index is 1.03. The van der Waals surface area contributed by atoms with Crippen molar-refractivity contribution in [1.29, 1.82) is 0 Å². The van der Waals surface area contributed by atoms with Crippen LogP contribution in [0.15, 0.2) is 152 Å². The van der Waals surface area contributed by atoms with E-state index >= 15 is 0 Å². The van der Waals surface area contributed by atoms with E-state index < -0.39 is 0 Å². The van der Waals surface area contributed by atoms with Crippen LogP contribution in [0.3, 0.4) is 0 Å². The van der Waals surface area contributed by atoms with Crippen molar-refractivity contribution in [2.24, 2.45) is 0 Å². The van der Waals surface area contributed by atoms with Crippen LogP contribution >= 0.6 is 22.7 Å². The van der Waals surface area contributed by atoms with E-state index in [-0.39, 0.29) is 0 Å². The van der Waals surface area contributed by atoms with Gasteiger partial charge in [0.05, 0.1) is 5.69 Å². The van der Waals surface area contributed by atoms with Gasteiger partial charge in [0.25, 0.3) is 0 Å². The molecule has 0 saturated carbocycles. The molecule has 5 heteroatoms. The van der Waals surface area contributed by atoms with Crippen LogP contribution in [0.4, 0.5) is 22.9 Å². The minimum atomic E-state index is 0.830. The summed E-state index contributed by atoms with van der Waals surface area (Å²) in [5, 5.41) is 5.31. The molecule has 1 aliphatic heterocycles.